The van der Waals surface area contributed by atoms with Crippen LogP contribution >= 0.6 is 0 Å². The SMILES string of the molecule is COC(=O)C(CC#Cc1ccc2c(c1)C1(C(=O)N2C(=O)OCc2ccc([N+](=O)[O-])cc2)C(C(=O)O)C2C(=O)OC(c3ccccc3)C(c3ccccc3)N2C1c1ccccc1OCCO)C(=O)OC. The van der Waals surface area contributed by atoms with Gasteiger partial charge in [0.05, 0.1) is 43.5 Å². The maximum Gasteiger partial charge on any atom is 0.421 e. The highest BCUT2D eigenvalue weighted by Crippen LogP contribution is 2.66. The topological polar surface area (TPSA) is 239 Å². The third-order valence-corrected chi connectivity index (χ3v) is 12.5. The number of nitro groups is 1. The number of anilines is 1. The van der Waals surface area contributed by atoms with E-state index in [0.717, 1.165) is 14.2 Å². The Labute approximate surface area is 394 Å². The number of morpholine rings is 1. The standard InChI is InChI=1S/C51H43N3O15/c1-65-46(58)36(47(59)66-2)18-11-12-30-22-25-38-37(28-30)51(49(61)52(38)50(62)68-29-31-20-23-34(24-21-31)54(63)64)40(45(56)57)42-48(60)69-43(33-15-7-4-8-16-33)41(32-13-5-3-6-14-32)53(42)44(51)35-17-9-10-19-39(35)67-27-26-55/h3-10,13-17,19-25,28,36,40-44,55H,18,26-27,29H2,1-2H3,(H,56,57). The highest BCUT2D eigenvalue weighted by Gasteiger charge is 2.76. The second-order valence-electron chi connectivity index (χ2n) is 16.2. The molecule has 3 aliphatic heterocycles. The smallest absolute Gasteiger partial charge is 0.421 e. The molecule has 6 unspecified atom stereocenters. The molecule has 2 amide bonds. The summed E-state index contributed by atoms with van der Waals surface area (Å²) >= 11 is 0. The number of hydrogen-bond acceptors (Lipinski definition) is 15. The number of imide groups is 1. The van der Waals surface area contributed by atoms with Crippen LogP contribution in [0, 0.1) is 33.8 Å². The van der Waals surface area contributed by atoms with Crippen molar-refractivity contribution < 1.29 is 67.6 Å². The third kappa shape index (κ3) is 8.49. The van der Waals surface area contributed by atoms with Crippen LogP contribution in [0.1, 0.15) is 58.0 Å². The highest BCUT2D eigenvalue weighted by molar-refractivity contribution is 6.23. The molecule has 3 aliphatic rings. The fourth-order valence-corrected chi connectivity index (χ4v) is 9.64. The van der Waals surface area contributed by atoms with Gasteiger partial charge in [0.25, 0.3) is 5.69 Å². The molecule has 0 saturated carbocycles. The van der Waals surface area contributed by atoms with Crippen molar-refractivity contribution in [2.45, 2.75) is 42.7 Å². The van der Waals surface area contributed by atoms with Crippen molar-refractivity contribution >= 4 is 47.3 Å². The quantitative estimate of drug-likeness (QED) is 0.0356. The van der Waals surface area contributed by atoms with E-state index in [1.165, 1.54) is 42.5 Å². The number of nitrogens with zero attached hydrogens (tertiary/aromatic N) is 3. The summed E-state index contributed by atoms with van der Waals surface area (Å²) in [5.74, 6) is -3.08. The van der Waals surface area contributed by atoms with Gasteiger partial charge in [-0.2, -0.15) is 0 Å². The minimum atomic E-state index is -2.42. The maximum atomic E-state index is 16.1. The molecule has 0 aliphatic carbocycles. The van der Waals surface area contributed by atoms with Gasteiger partial charge >= 0.3 is 30.0 Å². The zero-order chi connectivity index (χ0) is 49.0. The zero-order valence-electron chi connectivity index (χ0n) is 37.0. The Morgan fingerprint density at radius 2 is 1.48 bits per heavy atom. The molecular formula is C51H43N3O15. The van der Waals surface area contributed by atoms with Gasteiger partial charge < -0.3 is 33.9 Å². The normalized spacial score (nSPS) is 21.3. The van der Waals surface area contributed by atoms with E-state index in [4.69, 9.17) is 23.7 Å². The van der Waals surface area contributed by atoms with Gasteiger partial charge in [-0.25, -0.2) is 9.69 Å². The van der Waals surface area contributed by atoms with Gasteiger partial charge in [0.2, 0.25) is 5.91 Å². The number of carbonyl (C=O) groups is 6. The van der Waals surface area contributed by atoms with Gasteiger partial charge in [-0.1, -0.05) is 90.7 Å². The van der Waals surface area contributed by atoms with Crippen molar-refractivity contribution in [1.82, 2.24) is 4.90 Å². The largest absolute Gasteiger partial charge is 0.491 e. The number of benzene rings is 5. The lowest BCUT2D eigenvalue weighted by Gasteiger charge is -2.46. The van der Waals surface area contributed by atoms with Crippen molar-refractivity contribution in [3.05, 3.63) is 171 Å². The number of aliphatic hydroxyl groups excluding tert-OH is 1. The predicted octanol–water partition coefficient (Wildman–Crippen LogP) is 5.76. The fourth-order valence-electron chi connectivity index (χ4n) is 9.64. The monoisotopic (exact) mass is 937 g/mol. The number of amides is 2. The minimum absolute atomic E-state index is 0.0521. The number of methoxy groups -OCH3 is 2. The second kappa shape index (κ2) is 19.8. The van der Waals surface area contributed by atoms with E-state index in [0.29, 0.717) is 21.6 Å². The average molecular weight is 938 g/mol. The molecule has 18 heteroatoms. The summed E-state index contributed by atoms with van der Waals surface area (Å²) in [6.45, 7) is -1.11. The van der Waals surface area contributed by atoms with Crippen LogP contribution < -0.4 is 9.64 Å². The van der Waals surface area contributed by atoms with Gasteiger partial charge in [-0.3, -0.25) is 39.0 Å². The number of fused-ring (bicyclic) bond motifs is 3. The molecular weight excluding hydrogens is 895 g/mol. The highest BCUT2D eigenvalue weighted by atomic mass is 16.6. The lowest BCUT2D eigenvalue weighted by Crippen LogP contribution is -2.53. The summed E-state index contributed by atoms with van der Waals surface area (Å²) in [7, 11) is 2.20. The van der Waals surface area contributed by atoms with Crippen molar-refractivity contribution in [2.24, 2.45) is 11.8 Å². The third-order valence-electron chi connectivity index (χ3n) is 12.5. The van der Waals surface area contributed by atoms with Crippen molar-refractivity contribution in [1.29, 1.82) is 0 Å². The summed E-state index contributed by atoms with van der Waals surface area (Å²) in [6.07, 6.45) is -2.68. The van der Waals surface area contributed by atoms with Crippen LogP contribution in [0.2, 0.25) is 0 Å². The van der Waals surface area contributed by atoms with Crippen molar-refractivity contribution in [3.63, 3.8) is 0 Å². The molecule has 1 spiro atoms. The van der Waals surface area contributed by atoms with Gasteiger partial charge in [0, 0.05) is 29.7 Å². The molecule has 18 nitrogen and oxygen atoms in total. The predicted molar refractivity (Wildman–Crippen MR) is 241 cm³/mol. The molecule has 2 fully saturated rings. The molecule has 352 valence electrons. The number of aliphatic hydroxyl groups is 1. The lowest BCUT2D eigenvalue weighted by atomic mass is 9.65. The molecule has 0 aromatic heterocycles. The number of para-hydroxylation sites is 1. The van der Waals surface area contributed by atoms with Crippen LogP contribution in [0.3, 0.4) is 0 Å². The first-order valence-electron chi connectivity index (χ1n) is 21.5. The Balaban J connectivity index is 1.39. The Morgan fingerprint density at radius 1 is 0.841 bits per heavy atom. The number of carboxylic acids is 1. The Bertz CT molecular complexity index is 2870. The van der Waals surface area contributed by atoms with Crippen LogP contribution in [0.25, 0.3) is 0 Å². The first-order chi connectivity index (χ1) is 33.4. The van der Waals surface area contributed by atoms with E-state index in [1.807, 2.05) is 0 Å². The molecule has 3 heterocycles. The second-order valence-corrected chi connectivity index (χ2v) is 16.2. The molecule has 2 N–H and O–H groups in total. The van der Waals surface area contributed by atoms with Gasteiger partial charge in [-0.15, -0.1) is 0 Å². The van der Waals surface area contributed by atoms with Gasteiger partial charge in [0.1, 0.15) is 42.4 Å². The number of esters is 3. The zero-order valence-corrected chi connectivity index (χ0v) is 37.0. The van der Waals surface area contributed by atoms with E-state index < -0.39 is 95.5 Å². The van der Waals surface area contributed by atoms with Crippen molar-refractivity contribution in [3.8, 4) is 17.6 Å². The number of carbonyl (C=O) groups excluding carboxylic acids is 5. The Kier molecular flexibility index (Phi) is 13.5. The van der Waals surface area contributed by atoms with Crippen LogP contribution in [0.15, 0.2) is 127 Å². The van der Waals surface area contributed by atoms with Crippen molar-refractivity contribution in [2.75, 3.05) is 32.3 Å². The molecule has 6 atom stereocenters. The number of carboxylic acid groups (broad SMARTS) is 1. The maximum absolute atomic E-state index is 16.1. The summed E-state index contributed by atoms with van der Waals surface area (Å²) < 4.78 is 27.7. The first kappa shape index (κ1) is 47.1. The molecule has 5 aromatic rings. The van der Waals surface area contributed by atoms with E-state index in [-0.39, 0.29) is 46.8 Å². The van der Waals surface area contributed by atoms with E-state index >= 15 is 4.79 Å². The Hall–Kier alpha value is -8.40. The number of rotatable bonds is 13. The number of ether oxygens (including phenoxy) is 5. The molecule has 8 rings (SSSR count). The first-order valence-corrected chi connectivity index (χ1v) is 21.5. The van der Waals surface area contributed by atoms with Crippen LogP contribution in [0.4, 0.5) is 16.2 Å². The summed E-state index contributed by atoms with van der Waals surface area (Å²) in [6, 6.07) is 29.4. The fraction of sp³-hybridized carbons (Fsp3) is 0.255. The molecule has 5 aromatic carbocycles. The molecule has 69 heavy (non-hydrogen) atoms. The number of aliphatic carboxylic acids is 1. The number of nitro benzene ring substituents is 1. The van der Waals surface area contributed by atoms with Gasteiger partial charge in [-0.05, 0) is 58.7 Å². The van der Waals surface area contributed by atoms with Crippen LogP contribution in [0.5, 0.6) is 5.75 Å². The number of hydrogen-bond donors (Lipinski definition) is 2. The van der Waals surface area contributed by atoms with E-state index in [1.54, 1.807) is 89.8 Å². The average Bonchev–Trinajstić information content (AvgIpc) is 3.82. The Morgan fingerprint density at radius 3 is 2.10 bits per heavy atom. The van der Waals surface area contributed by atoms with Crippen LogP contribution in [-0.2, 0) is 54.9 Å². The minimum Gasteiger partial charge on any atom is -0.491 e. The molecule has 0 bridgehead atoms. The summed E-state index contributed by atoms with van der Waals surface area (Å²) in [5.41, 5.74) is -0.970. The molecule has 2 saturated heterocycles. The van der Waals surface area contributed by atoms with Crippen LogP contribution in [-0.4, -0.2) is 89.4 Å². The summed E-state index contributed by atoms with van der Waals surface area (Å²) in [5, 5.41) is 33.0. The molecule has 0 radical (unpaired) electrons. The van der Waals surface area contributed by atoms with Gasteiger partial charge in [0.15, 0.2) is 5.92 Å². The van der Waals surface area contributed by atoms with E-state index in [9.17, 15) is 44.3 Å². The number of non-ortho nitro benzene ring substituents is 1. The summed E-state index contributed by atoms with van der Waals surface area (Å²) in [4.78, 5) is 98.3. The van der Waals surface area contributed by atoms with E-state index in [2.05, 4.69) is 11.8 Å². The lowest BCUT2D eigenvalue weighted by molar-refractivity contribution is -0.384. The number of cyclic esters (lactones) is 1.